The van der Waals surface area contributed by atoms with Crippen LogP contribution in [-0.4, -0.2) is 21.1 Å². The maximum atomic E-state index is 13.3. The number of rotatable bonds is 9. The van der Waals surface area contributed by atoms with E-state index < -0.39 is 0 Å². The molecule has 0 aliphatic rings. The van der Waals surface area contributed by atoms with E-state index in [9.17, 15) is 9.18 Å². The molecule has 1 aromatic heterocycles. The Balaban J connectivity index is 1.49. The van der Waals surface area contributed by atoms with Crippen LogP contribution >= 0.6 is 11.8 Å². The predicted molar refractivity (Wildman–Crippen MR) is 128 cm³/mol. The summed E-state index contributed by atoms with van der Waals surface area (Å²) in [6.45, 7) is 1.70. The first-order chi connectivity index (χ1) is 15.7. The van der Waals surface area contributed by atoms with Gasteiger partial charge in [0, 0.05) is 29.9 Å². The molecule has 4 rings (SSSR count). The molecule has 0 aliphatic heterocycles. The van der Waals surface area contributed by atoms with Crippen molar-refractivity contribution in [1.29, 1.82) is 0 Å². The fourth-order valence-corrected chi connectivity index (χ4v) is 4.34. The Hall–Kier alpha value is -3.31. The second-order valence-corrected chi connectivity index (χ2v) is 8.64. The van der Waals surface area contributed by atoms with Gasteiger partial charge >= 0.3 is 0 Å². The van der Waals surface area contributed by atoms with Crippen molar-refractivity contribution >= 4 is 17.7 Å². The van der Waals surface area contributed by atoms with Gasteiger partial charge in [-0.2, -0.15) is 0 Å². The van der Waals surface area contributed by atoms with E-state index in [-0.39, 0.29) is 11.7 Å². The molecule has 162 valence electrons. The third kappa shape index (κ3) is 6.11. The minimum atomic E-state index is -0.239. The van der Waals surface area contributed by atoms with Gasteiger partial charge in [0.2, 0.25) is 5.91 Å². The number of hydrogen-bond acceptors (Lipinski definition) is 2. The lowest BCUT2D eigenvalue weighted by Gasteiger charge is -2.24. The number of amides is 1. The number of aromatic nitrogens is 1. The highest BCUT2D eigenvalue weighted by atomic mass is 32.2. The molecular weight excluding hydrogens is 419 g/mol. The van der Waals surface area contributed by atoms with E-state index >= 15 is 0 Å². The number of halogens is 1. The standard InChI is InChI=1S/C27H25FN2OS/c28-24-15-13-23(14-16-24)18-29-17-7-10-25(29)20-30(19-22-8-3-1-4-9-22)27(31)21-32-26-11-5-2-6-12-26/h1-17H,18-21H2. The van der Waals surface area contributed by atoms with Gasteiger partial charge in [-0.3, -0.25) is 4.79 Å². The van der Waals surface area contributed by atoms with E-state index in [1.807, 2.05) is 83.9 Å². The Bertz CT molecular complexity index is 1130. The molecule has 5 heteroatoms. The lowest BCUT2D eigenvalue weighted by Crippen LogP contribution is -2.32. The maximum Gasteiger partial charge on any atom is 0.233 e. The number of carbonyl (C=O) groups excluding carboxylic acids is 1. The van der Waals surface area contributed by atoms with E-state index in [0.29, 0.717) is 25.4 Å². The summed E-state index contributed by atoms with van der Waals surface area (Å²) in [6.07, 6.45) is 2.00. The fourth-order valence-electron chi connectivity index (χ4n) is 3.52. The second kappa shape index (κ2) is 10.8. The summed E-state index contributed by atoms with van der Waals surface area (Å²) in [5.74, 6) is 0.240. The van der Waals surface area contributed by atoms with Crippen LogP contribution in [0.5, 0.6) is 0 Å². The summed E-state index contributed by atoms with van der Waals surface area (Å²) in [7, 11) is 0. The van der Waals surface area contributed by atoms with Gasteiger partial charge in [-0.1, -0.05) is 60.7 Å². The van der Waals surface area contributed by atoms with Crippen molar-refractivity contribution < 1.29 is 9.18 Å². The zero-order valence-corrected chi connectivity index (χ0v) is 18.5. The largest absolute Gasteiger partial charge is 0.345 e. The second-order valence-electron chi connectivity index (χ2n) is 7.59. The SMILES string of the molecule is O=C(CSc1ccccc1)N(Cc1ccccc1)Cc1cccn1Cc1ccc(F)cc1. The van der Waals surface area contributed by atoms with Gasteiger partial charge in [0.15, 0.2) is 0 Å². The number of thioether (sulfide) groups is 1. The molecule has 0 unspecified atom stereocenters. The van der Waals surface area contributed by atoms with Crippen LogP contribution < -0.4 is 0 Å². The summed E-state index contributed by atoms with van der Waals surface area (Å²) in [5.41, 5.74) is 3.16. The Morgan fingerprint density at radius 3 is 2.19 bits per heavy atom. The highest BCUT2D eigenvalue weighted by Crippen LogP contribution is 2.20. The molecule has 0 atom stereocenters. The molecule has 0 saturated carbocycles. The topological polar surface area (TPSA) is 25.2 Å². The Morgan fingerprint density at radius 1 is 0.781 bits per heavy atom. The van der Waals surface area contributed by atoms with Gasteiger partial charge in [0.25, 0.3) is 0 Å². The van der Waals surface area contributed by atoms with Crippen LogP contribution in [-0.2, 0) is 24.4 Å². The van der Waals surface area contributed by atoms with E-state index in [2.05, 4.69) is 4.57 Å². The van der Waals surface area contributed by atoms with E-state index in [0.717, 1.165) is 21.7 Å². The molecule has 0 N–H and O–H groups in total. The minimum Gasteiger partial charge on any atom is -0.345 e. The molecule has 0 bridgehead atoms. The quantitative estimate of drug-likeness (QED) is 0.296. The molecule has 32 heavy (non-hydrogen) atoms. The number of hydrogen-bond donors (Lipinski definition) is 0. The zero-order valence-electron chi connectivity index (χ0n) is 17.7. The van der Waals surface area contributed by atoms with Crippen molar-refractivity contribution in [2.45, 2.75) is 24.5 Å². The minimum absolute atomic E-state index is 0.0947. The monoisotopic (exact) mass is 444 g/mol. The van der Waals surface area contributed by atoms with Crippen molar-refractivity contribution in [1.82, 2.24) is 9.47 Å². The van der Waals surface area contributed by atoms with Gasteiger partial charge in [-0.05, 0) is 47.5 Å². The van der Waals surface area contributed by atoms with Crippen molar-refractivity contribution in [3.63, 3.8) is 0 Å². The molecule has 3 nitrogen and oxygen atoms in total. The van der Waals surface area contributed by atoms with Crippen LogP contribution in [0.15, 0.2) is 108 Å². The van der Waals surface area contributed by atoms with E-state index in [1.165, 1.54) is 12.1 Å². The molecule has 3 aromatic carbocycles. The molecule has 4 aromatic rings. The molecular formula is C27H25FN2OS. The molecule has 0 spiro atoms. The molecule has 1 amide bonds. The summed E-state index contributed by atoms with van der Waals surface area (Å²) in [6, 6.07) is 30.6. The molecule has 0 radical (unpaired) electrons. The number of nitrogens with zero attached hydrogens (tertiary/aromatic N) is 2. The van der Waals surface area contributed by atoms with Crippen LogP contribution in [0.3, 0.4) is 0 Å². The third-order valence-electron chi connectivity index (χ3n) is 5.22. The third-order valence-corrected chi connectivity index (χ3v) is 6.21. The average Bonchev–Trinajstić information content (AvgIpc) is 3.26. The Morgan fingerprint density at radius 2 is 1.47 bits per heavy atom. The van der Waals surface area contributed by atoms with Gasteiger partial charge < -0.3 is 9.47 Å². The van der Waals surface area contributed by atoms with Crippen molar-refractivity contribution in [2.75, 3.05) is 5.75 Å². The Kier molecular flexibility index (Phi) is 7.41. The van der Waals surface area contributed by atoms with Crippen LogP contribution in [0.1, 0.15) is 16.8 Å². The van der Waals surface area contributed by atoms with Crippen molar-refractivity contribution in [3.05, 3.63) is 126 Å². The first-order valence-corrected chi connectivity index (χ1v) is 11.5. The average molecular weight is 445 g/mol. The van der Waals surface area contributed by atoms with Crippen LogP contribution in [0.25, 0.3) is 0 Å². The predicted octanol–water partition coefficient (Wildman–Crippen LogP) is 6.00. The smallest absolute Gasteiger partial charge is 0.233 e. The lowest BCUT2D eigenvalue weighted by atomic mass is 10.2. The number of carbonyl (C=O) groups is 1. The summed E-state index contributed by atoms with van der Waals surface area (Å²) in [5, 5.41) is 0. The fraction of sp³-hybridized carbons (Fsp3) is 0.148. The molecule has 0 saturated heterocycles. The molecule has 1 heterocycles. The van der Waals surface area contributed by atoms with Crippen molar-refractivity contribution in [3.8, 4) is 0 Å². The Labute approximate surface area is 192 Å². The van der Waals surface area contributed by atoms with Gasteiger partial charge in [0.1, 0.15) is 5.82 Å². The van der Waals surface area contributed by atoms with Gasteiger partial charge in [0.05, 0.1) is 12.3 Å². The van der Waals surface area contributed by atoms with Gasteiger partial charge in [-0.25, -0.2) is 4.39 Å². The highest BCUT2D eigenvalue weighted by Gasteiger charge is 2.17. The first kappa shape index (κ1) is 21.9. The highest BCUT2D eigenvalue weighted by molar-refractivity contribution is 8.00. The summed E-state index contributed by atoms with van der Waals surface area (Å²) in [4.78, 5) is 16.2. The summed E-state index contributed by atoms with van der Waals surface area (Å²) >= 11 is 1.55. The normalized spacial score (nSPS) is 10.8. The van der Waals surface area contributed by atoms with Crippen LogP contribution in [0.2, 0.25) is 0 Å². The van der Waals surface area contributed by atoms with E-state index in [4.69, 9.17) is 0 Å². The summed E-state index contributed by atoms with van der Waals surface area (Å²) < 4.78 is 15.4. The van der Waals surface area contributed by atoms with Crippen LogP contribution in [0, 0.1) is 5.82 Å². The molecule has 0 aliphatic carbocycles. The lowest BCUT2D eigenvalue weighted by molar-refractivity contribution is -0.129. The van der Waals surface area contributed by atoms with E-state index in [1.54, 1.807) is 23.9 Å². The first-order valence-electron chi connectivity index (χ1n) is 10.6. The van der Waals surface area contributed by atoms with Gasteiger partial charge in [-0.15, -0.1) is 11.8 Å². The maximum absolute atomic E-state index is 13.3. The van der Waals surface area contributed by atoms with Crippen molar-refractivity contribution in [2.24, 2.45) is 0 Å². The zero-order chi connectivity index (χ0) is 22.2. The molecule has 0 fully saturated rings. The number of benzene rings is 3. The van der Waals surface area contributed by atoms with Crippen LogP contribution in [0.4, 0.5) is 4.39 Å².